The fourth-order valence-electron chi connectivity index (χ4n) is 2.09. The van der Waals surface area contributed by atoms with Gasteiger partial charge in [0.1, 0.15) is 0 Å². The first-order valence-electron chi connectivity index (χ1n) is 7.47. The molecule has 6 heteroatoms. The summed E-state index contributed by atoms with van der Waals surface area (Å²) < 4.78 is 26.7. The van der Waals surface area contributed by atoms with E-state index in [0.29, 0.717) is 18.2 Å². The van der Waals surface area contributed by atoms with E-state index in [0.717, 1.165) is 18.7 Å². The molecule has 1 aliphatic carbocycles. The molecule has 118 valence electrons. The summed E-state index contributed by atoms with van der Waals surface area (Å²) >= 11 is 0. The highest BCUT2D eigenvalue weighted by molar-refractivity contribution is 7.92. The molecule has 0 spiro atoms. The van der Waals surface area contributed by atoms with Gasteiger partial charge < -0.3 is 10.2 Å². The van der Waals surface area contributed by atoms with Crippen molar-refractivity contribution in [3.63, 3.8) is 0 Å². The van der Waals surface area contributed by atoms with Crippen LogP contribution in [-0.4, -0.2) is 40.9 Å². The fourth-order valence-corrected chi connectivity index (χ4v) is 3.26. The summed E-state index contributed by atoms with van der Waals surface area (Å²) in [6.07, 6.45) is 4.11. The van der Waals surface area contributed by atoms with Crippen molar-refractivity contribution in [2.45, 2.75) is 31.7 Å². The first kappa shape index (κ1) is 16.1. The first-order chi connectivity index (χ1) is 9.96. The van der Waals surface area contributed by atoms with Crippen molar-refractivity contribution in [2.24, 2.45) is 0 Å². The number of sulfonamides is 1. The van der Waals surface area contributed by atoms with Gasteiger partial charge in [0.2, 0.25) is 10.0 Å². The monoisotopic (exact) mass is 311 g/mol. The summed E-state index contributed by atoms with van der Waals surface area (Å²) in [7, 11) is 0.604. The number of rotatable bonds is 9. The summed E-state index contributed by atoms with van der Waals surface area (Å²) in [6, 6.07) is 8.10. The van der Waals surface area contributed by atoms with Crippen molar-refractivity contribution in [3.8, 4) is 0 Å². The maximum atomic E-state index is 12.0. The number of nitrogens with zero attached hydrogens (tertiary/aromatic N) is 1. The van der Waals surface area contributed by atoms with E-state index >= 15 is 0 Å². The molecule has 1 aromatic carbocycles. The quantitative estimate of drug-likeness (QED) is 0.685. The van der Waals surface area contributed by atoms with E-state index in [1.54, 1.807) is 6.07 Å². The summed E-state index contributed by atoms with van der Waals surface area (Å²) in [4.78, 5) is 1.95. The Morgan fingerprint density at radius 3 is 2.67 bits per heavy atom. The van der Waals surface area contributed by atoms with E-state index in [9.17, 15) is 8.42 Å². The van der Waals surface area contributed by atoms with Crippen molar-refractivity contribution < 1.29 is 8.42 Å². The SMILES string of the molecule is CN(C)c1cccc(NS(=O)(=O)CCCCNC2CC2)c1. The van der Waals surface area contributed by atoms with Crippen molar-refractivity contribution in [1.29, 1.82) is 0 Å². The number of nitrogens with one attached hydrogen (secondary N) is 2. The maximum absolute atomic E-state index is 12.0. The second-order valence-electron chi connectivity index (χ2n) is 5.80. The Kier molecular flexibility index (Phi) is 5.47. The molecule has 0 atom stereocenters. The summed E-state index contributed by atoms with van der Waals surface area (Å²) in [5.41, 5.74) is 1.60. The molecule has 0 aromatic heterocycles. The Labute approximate surface area is 127 Å². The van der Waals surface area contributed by atoms with E-state index in [4.69, 9.17) is 0 Å². The van der Waals surface area contributed by atoms with Gasteiger partial charge in [-0.3, -0.25) is 4.72 Å². The lowest BCUT2D eigenvalue weighted by molar-refractivity contribution is 0.591. The number of hydrogen-bond acceptors (Lipinski definition) is 4. The second kappa shape index (κ2) is 7.13. The third-order valence-corrected chi connectivity index (χ3v) is 4.86. The van der Waals surface area contributed by atoms with Crippen molar-refractivity contribution >= 4 is 21.4 Å². The Morgan fingerprint density at radius 1 is 1.24 bits per heavy atom. The molecule has 2 rings (SSSR count). The van der Waals surface area contributed by atoms with Gasteiger partial charge in [-0.15, -0.1) is 0 Å². The zero-order valence-electron chi connectivity index (χ0n) is 12.8. The number of anilines is 2. The largest absolute Gasteiger partial charge is 0.378 e. The molecule has 0 heterocycles. The van der Waals surface area contributed by atoms with Gasteiger partial charge >= 0.3 is 0 Å². The first-order valence-corrected chi connectivity index (χ1v) is 9.13. The summed E-state index contributed by atoms with van der Waals surface area (Å²) in [5.74, 6) is 0.172. The van der Waals surface area contributed by atoms with Gasteiger partial charge in [-0.25, -0.2) is 8.42 Å². The molecule has 0 bridgehead atoms. The van der Waals surface area contributed by atoms with E-state index in [1.165, 1.54) is 12.8 Å². The van der Waals surface area contributed by atoms with Crippen LogP contribution in [0.2, 0.25) is 0 Å². The minimum absolute atomic E-state index is 0.172. The van der Waals surface area contributed by atoms with E-state index in [2.05, 4.69) is 10.0 Å². The van der Waals surface area contributed by atoms with Gasteiger partial charge in [-0.2, -0.15) is 0 Å². The molecular formula is C15H25N3O2S. The molecule has 0 aliphatic heterocycles. The van der Waals surface area contributed by atoms with Crippen LogP contribution >= 0.6 is 0 Å². The average Bonchev–Trinajstić information content (AvgIpc) is 3.22. The number of benzene rings is 1. The summed E-state index contributed by atoms with van der Waals surface area (Å²) in [5, 5.41) is 3.39. The molecule has 5 nitrogen and oxygen atoms in total. The molecule has 1 aliphatic rings. The van der Waals surface area contributed by atoms with Crippen LogP contribution in [0.1, 0.15) is 25.7 Å². The number of hydrogen-bond donors (Lipinski definition) is 2. The van der Waals surface area contributed by atoms with Crippen molar-refractivity contribution in [1.82, 2.24) is 5.32 Å². The predicted molar refractivity (Wildman–Crippen MR) is 88.4 cm³/mol. The van der Waals surface area contributed by atoms with Crippen LogP contribution in [0.4, 0.5) is 11.4 Å². The molecule has 0 amide bonds. The molecule has 2 N–H and O–H groups in total. The zero-order valence-corrected chi connectivity index (χ0v) is 13.6. The molecule has 21 heavy (non-hydrogen) atoms. The molecule has 1 fully saturated rings. The van der Waals surface area contributed by atoms with Crippen LogP contribution in [0, 0.1) is 0 Å². The van der Waals surface area contributed by atoms with Gasteiger partial charge in [0.05, 0.1) is 11.4 Å². The predicted octanol–water partition coefficient (Wildman–Crippen LogP) is 2.03. The van der Waals surface area contributed by atoms with Gasteiger partial charge in [0.15, 0.2) is 0 Å². The zero-order chi connectivity index (χ0) is 15.3. The normalized spacial score (nSPS) is 15.0. The minimum Gasteiger partial charge on any atom is -0.378 e. The Hall–Kier alpha value is -1.27. The molecule has 0 saturated heterocycles. The Bertz CT molecular complexity index is 554. The Morgan fingerprint density at radius 2 is 2.00 bits per heavy atom. The van der Waals surface area contributed by atoms with Crippen molar-refractivity contribution in [2.75, 3.05) is 36.0 Å². The highest BCUT2D eigenvalue weighted by atomic mass is 32.2. The highest BCUT2D eigenvalue weighted by Gasteiger charge is 2.19. The van der Waals surface area contributed by atoms with Gasteiger partial charge in [0, 0.05) is 25.8 Å². The van der Waals surface area contributed by atoms with Crippen molar-refractivity contribution in [3.05, 3.63) is 24.3 Å². The fraction of sp³-hybridized carbons (Fsp3) is 0.600. The molecule has 0 unspecified atom stereocenters. The topological polar surface area (TPSA) is 61.4 Å². The standard InChI is InChI=1S/C15H25N3O2S/c1-18(2)15-7-5-6-14(12-15)17-21(19,20)11-4-3-10-16-13-8-9-13/h5-7,12-13,16-17H,3-4,8-11H2,1-2H3. The van der Waals surface area contributed by atoms with E-state index < -0.39 is 10.0 Å². The second-order valence-corrected chi connectivity index (χ2v) is 7.64. The maximum Gasteiger partial charge on any atom is 0.232 e. The third kappa shape index (κ3) is 5.93. The van der Waals surface area contributed by atoms with Crippen LogP contribution in [0.5, 0.6) is 0 Å². The number of unbranched alkanes of at least 4 members (excludes halogenated alkanes) is 1. The van der Waals surface area contributed by atoms with Gasteiger partial charge in [-0.1, -0.05) is 6.07 Å². The van der Waals surface area contributed by atoms with E-state index in [-0.39, 0.29) is 5.75 Å². The molecule has 0 radical (unpaired) electrons. The van der Waals surface area contributed by atoms with Crippen LogP contribution in [0.15, 0.2) is 24.3 Å². The van der Waals surface area contributed by atoms with Gasteiger partial charge in [0.25, 0.3) is 0 Å². The smallest absolute Gasteiger partial charge is 0.232 e. The lowest BCUT2D eigenvalue weighted by atomic mass is 10.3. The molecule has 1 aromatic rings. The molecule has 1 saturated carbocycles. The Balaban J connectivity index is 1.77. The summed E-state index contributed by atoms with van der Waals surface area (Å²) in [6.45, 7) is 0.913. The van der Waals surface area contributed by atoms with Crippen LogP contribution in [-0.2, 0) is 10.0 Å². The minimum atomic E-state index is -3.26. The van der Waals surface area contributed by atoms with Crippen LogP contribution in [0.25, 0.3) is 0 Å². The van der Waals surface area contributed by atoms with Crippen LogP contribution in [0.3, 0.4) is 0 Å². The highest BCUT2D eigenvalue weighted by Crippen LogP contribution is 2.19. The van der Waals surface area contributed by atoms with E-state index in [1.807, 2.05) is 37.2 Å². The molecular weight excluding hydrogens is 286 g/mol. The third-order valence-electron chi connectivity index (χ3n) is 3.49. The van der Waals surface area contributed by atoms with Gasteiger partial charge in [-0.05, 0) is 50.4 Å². The lowest BCUT2D eigenvalue weighted by Crippen LogP contribution is -2.20. The average molecular weight is 311 g/mol. The van der Waals surface area contributed by atoms with Crippen LogP contribution < -0.4 is 14.9 Å². The lowest BCUT2D eigenvalue weighted by Gasteiger charge is -2.14.